The molecule has 13 heavy (non-hydrogen) atoms. The molecule has 4 heteroatoms. The predicted molar refractivity (Wildman–Crippen MR) is 47.7 cm³/mol. The summed E-state index contributed by atoms with van der Waals surface area (Å²) in [6.07, 6.45) is 0. The Morgan fingerprint density at radius 3 is 2.69 bits per heavy atom. The standard InChI is InChI=1S/C9H6F2OS/c10-6-1-5-2-7(4-12)13-9(5)8(11)3-6/h1-3,12H,4H2. The lowest BCUT2D eigenvalue weighted by atomic mass is 10.2. The summed E-state index contributed by atoms with van der Waals surface area (Å²) in [4.78, 5) is 0.638. The molecule has 0 amide bonds. The van der Waals surface area contributed by atoms with E-state index in [4.69, 9.17) is 5.11 Å². The molecule has 2 rings (SSSR count). The third-order valence-corrected chi connectivity index (χ3v) is 2.89. The van der Waals surface area contributed by atoms with Gasteiger partial charge in [0.2, 0.25) is 0 Å². The van der Waals surface area contributed by atoms with Crippen LogP contribution < -0.4 is 0 Å². The van der Waals surface area contributed by atoms with Crippen LogP contribution in [0.25, 0.3) is 10.1 Å². The lowest BCUT2D eigenvalue weighted by molar-refractivity contribution is 0.285. The van der Waals surface area contributed by atoms with Crippen LogP contribution in [0.1, 0.15) is 4.88 Å². The Hall–Kier alpha value is -1.00. The minimum atomic E-state index is -0.590. The zero-order valence-electron chi connectivity index (χ0n) is 6.55. The van der Waals surface area contributed by atoms with E-state index in [1.807, 2.05) is 0 Å². The minimum Gasteiger partial charge on any atom is -0.391 e. The first-order valence-corrected chi connectivity index (χ1v) is 4.50. The van der Waals surface area contributed by atoms with Gasteiger partial charge in [-0.2, -0.15) is 0 Å². The van der Waals surface area contributed by atoms with Crippen molar-refractivity contribution < 1.29 is 13.9 Å². The summed E-state index contributed by atoms with van der Waals surface area (Å²) < 4.78 is 26.2. The van der Waals surface area contributed by atoms with Crippen LogP contribution in [0.3, 0.4) is 0 Å². The van der Waals surface area contributed by atoms with Crippen molar-refractivity contribution in [2.75, 3.05) is 0 Å². The summed E-state index contributed by atoms with van der Waals surface area (Å²) in [7, 11) is 0. The number of rotatable bonds is 1. The van der Waals surface area contributed by atoms with Gasteiger partial charge in [-0.05, 0) is 17.5 Å². The SMILES string of the molecule is OCc1cc2cc(F)cc(F)c2s1. The monoisotopic (exact) mass is 200 g/mol. The second-order valence-corrected chi connectivity index (χ2v) is 3.81. The van der Waals surface area contributed by atoms with Gasteiger partial charge in [-0.1, -0.05) is 0 Å². The molecule has 1 aromatic carbocycles. The fourth-order valence-corrected chi connectivity index (χ4v) is 2.11. The van der Waals surface area contributed by atoms with Gasteiger partial charge in [-0.3, -0.25) is 0 Å². The van der Waals surface area contributed by atoms with E-state index in [0.717, 1.165) is 17.4 Å². The number of aliphatic hydroxyl groups excluding tert-OH is 1. The summed E-state index contributed by atoms with van der Waals surface area (Å²) in [5, 5.41) is 9.30. The first-order chi connectivity index (χ1) is 6.20. The van der Waals surface area contributed by atoms with Crippen LogP contribution in [0.15, 0.2) is 18.2 Å². The topological polar surface area (TPSA) is 20.2 Å². The Labute approximate surface area is 77.2 Å². The van der Waals surface area contributed by atoms with Crippen molar-refractivity contribution in [3.8, 4) is 0 Å². The van der Waals surface area contributed by atoms with Crippen molar-refractivity contribution in [3.05, 3.63) is 34.7 Å². The van der Waals surface area contributed by atoms with E-state index in [2.05, 4.69) is 0 Å². The molecule has 0 radical (unpaired) electrons. The number of fused-ring (bicyclic) bond motifs is 1. The molecule has 2 aromatic rings. The van der Waals surface area contributed by atoms with Crippen molar-refractivity contribution in [3.63, 3.8) is 0 Å². The van der Waals surface area contributed by atoms with Crippen molar-refractivity contribution in [2.45, 2.75) is 6.61 Å². The van der Waals surface area contributed by atoms with E-state index in [1.54, 1.807) is 6.07 Å². The van der Waals surface area contributed by atoms with E-state index < -0.39 is 11.6 Å². The zero-order chi connectivity index (χ0) is 9.42. The van der Waals surface area contributed by atoms with Crippen LogP contribution in [0.5, 0.6) is 0 Å². The first kappa shape index (κ1) is 8.59. The van der Waals surface area contributed by atoms with Crippen LogP contribution in [-0.4, -0.2) is 5.11 Å². The third kappa shape index (κ3) is 1.43. The van der Waals surface area contributed by atoms with Gasteiger partial charge >= 0.3 is 0 Å². The lowest BCUT2D eigenvalue weighted by Gasteiger charge is -1.91. The quantitative estimate of drug-likeness (QED) is 0.750. The van der Waals surface area contributed by atoms with Crippen molar-refractivity contribution in [1.82, 2.24) is 0 Å². The average molecular weight is 200 g/mol. The molecular weight excluding hydrogens is 194 g/mol. The van der Waals surface area contributed by atoms with E-state index in [9.17, 15) is 8.78 Å². The number of halogens is 2. The van der Waals surface area contributed by atoms with Crippen LogP contribution in [0.2, 0.25) is 0 Å². The van der Waals surface area contributed by atoms with Crippen molar-refractivity contribution >= 4 is 21.4 Å². The van der Waals surface area contributed by atoms with E-state index in [-0.39, 0.29) is 6.61 Å². The average Bonchev–Trinajstić information content (AvgIpc) is 2.47. The molecule has 0 atom stereocenters. The van der Waals surface area contributed by atoms with Gasteiger partial charge in [-0.15, -0.1) is 11.3 Å². The Kier molecular flexibility index (Phi) is 2.01. The molecule has 0 saturated heterocycles. The van der Waals surface area contributed by atoms with Crippen LogP contribution in [-0.2, 0) is 6.61 Å². The zero-order valence-corrected chi connectivity index (χ0v) is 7.37. The third-order valence-electron chi connectivity index (χ3n) is 1.74. The van der Waals surface area contributed by atoms with Gasteiger partial charge in [-0.25, -0.2) is 8.78 Å². The Balaban J connectivity index is 2.75. The maximum atomic E-state index is 13.1. The number of benzene rings is 1. The van der Waals surface area contributed by atoms with Gasteiger partial charge in [0.05, 0.1) is 11.3 Å². The van der Waals surface area contributed by atoms with Gasteiger partial charge in [0.15, 0.2) is 0 Å². The summed E-state index contributed by atoms with van der Waals surface area (Å²) in [5.74, 6) is -1.16. The largest absolute Gasteiger partial charge is 0.391 e. The van der Waals surface area contributed by atoms with Crippen LogP contribution in [0.4, 0.5) is 8.78 Å². The molecule has 0 unspecified atom stereocenters. The van der Waals surface area contributed by atoms with Gasteiger partial charge in [0.25, 0.3) is 0 Å². The fourth-order valence-electron chi connectivity index (χ4n) is 1.21. The highest BCUT2D eigenvalue weighted by molar-refractivity contribution is 7.19. The Morgan fingerprint density at radius 2 is 2.00 bits per heavy atom. The number of hydrogen-bond donors (Lipinski definition) is 1. The van der Waals surface area contributed by atoms with Gasteiger partial charge < -0.3 is 5.11 Å². The molecule has 0 saturated carbocycles. The molecule has 0 bridgehead atoms. The van der Waals surface area contributed by atoms with Crippen LogP contribution >= 0.6 is 11.3 Å². The molecule has 0 aliphatic heterocycles. The maximum absolute atomic E-state index is 13.1. The van der Waals surface area contributed by atoms with Crippen LogP contribution in [0, 0.1) is 11.6 Å². The first-order valence-electron chi connectivity index (χ1n) is 3.69. The predicted octanol–water partition coefficient (Wildman–Crippen LogP) is 2.67. The second-order valence-electron chi connectivity index (χ2n) is 2.68. The molecule has 0 aliphatic rings. The molecule has 0 fully saturated rings. The van der Waals surface area contributed by atoms with Gasteiger partial charge in [0, 0.05) is 10.9 Å². The van der Waals surface area contributed by atoms with Crippen molar-refractivity contribution in [1.29, 1.82) is 0 Å². The molecule has 1 N–H and O–H groups in total. The van der Waals surface area contributed by atoms with E-state index >= 15 is 0 Å². The summed E-state index contributed by atoms with van der Waals surface area (Å²) in [6.45, 7) is -0.138. The number of thiophene rings is 1. The summed E-state index contributed by atoms with van der Waals surface area (Å²) in [6, 6.07) is 3.69. The Bertz CT molecular complexity index is 450. The minimum absolute atomic E-state index is 0.138. The van der Waals surface area contributed by atoms with E-state index in [0.29, 0.717) is 15.0 Å². The second kappa shape index (κ2) is 3.05. The molecular formula is C9H6F2OS. The highest BCUT2D eigenvalue weighted by Gasteiger charge is 2.07. The normalized spacial score (nSPS) is 11.0. The van der Waals surface area contributed by atoms with Gasteiger partial charge in [0.1, 0.15) is 11.6 Å². The highest BCUT2D eigenvalue weighted by Crippen LogP contribution is 2.28. The molecule has 1 aromatic heterocycles. The maximum Gasteiger partial charge on any atom is 0.143 e. The fraction of sp³-hybridized carbons (Fsp3) is 0.111. The number of aliphatic hydroxyl groups is 1. The highest BCUT2D eigenvalue weighted by atomic mass is 32.1. The molecule has 1 heterocycles. The smallest absolute Gasteiger partial charge is 0.143 e. The Morgan fingerprint density at radius 1 is 1.23 bits per heavy atom. The molecule has 68 valence electrons. The van der Waals surface area contributed by atoms with Crippen molar-refractivity contribution in [2.24, 2.45) is 0 Å². The number of hydrogen-bond acceptors (Lipinski definition) is 2. The summed E-state index contributed by atoms with van der Waals surface area (Å²) in [5.41, 5.74) is 0. The molecule has 0 aliphatic carbocycles. The molecule has 1 nitrogen and oxygen atoms in total. The summed E-state index contributed by atoms with van der Waals surface area (Å²) >= 11 is 1.14. The molecule has 0 spiro atoms. The lowest BCUT2D eigenvalue weighted by Crippen LogP contribution is -1.77. The van der Waals surface area contributed by atoms with E-state index in [1.165, 1.54) is 6.07 Å².